The van der Waals surface area contributed by atoms with Crippen molar-refractivity contribution in [2.45, 2.75) is 19.9 Å². The molecule has 0 aliphatic carbocycles. The summed E-state index contributed by atoms with van der Waals surface area (Å²) in [7, 11) is 1.33. The van der Waals surface area contributed by atoms with Crippen LogP contribution in [0.4, 0.5) is 5.69 Å². The monoisotopic (exact) mass is 340 g/mol. The zero-order chi connectivity index (χ0) is 18.2. The summed E-state index contributed by atoms with van der Waals surface area (Å²) in [6.07, 6.45) is 0. The van der Waals surface area contributed by atoms with Crippen molar-refractivity contribution >= 4 is 17.6 Å². The number of methoxy groups -OCH3 is 1. The molecule has 0 aliphatic rings. The smallest absolute Gasteiger partial charge is 0.337 e. The molecule has 132 valence electrons. The summed E-state index contributed by atoms with van der Waals surface area (Å²) in [5.41, 5.74) is 1.96. The lowest BCUT2D eigenvalue weighted by atomic mass is 10.0. The van der Waals surface area contributed by atoms with E-state index in [1.165, 1.54) is 7.11 Å². The summed E-state index contributed by atoms with van der Waals surface area (Å²) in [4.78, 5) is 23.7. The molecule has 0 aromatic heterocycles. The fraction of sp³-hybridized carbons (Fsp3) is 0.300. The number of nitrogens with one attached hydrogen (secondary N) is 2. The quantitative estimate of drug-likeness (QED) is 0.759. The molecule has 2 aromatic carbocycles. The summed E-state index contributed by atoms with van der Waals surface area (Å²) in [6, 6.07) is 16.4. The van der Waals surface area contributed by atoms with E-state index in [1.807, 2.05) is 30.3 Å². The van der Waals surface area contributed by atoms with Gasteiger partial charge in [-0.1, -0.05) is 32.0 Å². The van der Waals surface area contributed by atoms with E-state index in [9.17, 15) is 9.59 Å². The number of benzene rings is 2. The van der Waals surface area contributed by atoms with Crippen molar-refractivity contribution in [2.24, 2.45) is 5.92 Å². The molecular weight excluding hydrogens is 316 g/mol. The van der Waals surface area contributed by atoms with Gasteiger partial charge in [-0.3, -0.25) is 4.79 Å². The standard InChI is InChI=1S/C20H24N2O3/c1-14(2)18(22-17-7-5-4-6-8-17)13-21-19(23)15-9-11-16(12-10-15)20(24)25-3/h4-12,14,18,22H,13H2,1-3H3,(H,21,23). The second-order valence-electron chi connectivity index (χ2n) is 6.14. The molecule has 2 aromatic rings. The van der Waals surface area contributed by atoms with Crippen LogP contribution in [0.15, 0.2) is 54.6 Å². The summed E-state index contributed by atoms with van der Waals surface area (Å²) in [6.45, 7) is 4.72. The Kier molecular flexibility index (Phi) is 6.57. The van der Waals surface area contributed by atoms with Crippen LogP contribution in [-0.2, 0) is 4.74 Å². The van der Waals surface area contributed by atoms with E-state index in [2.05, 4.69) is 29.2 Å². The van der Waals surface area contributed by atoms with Crippen LogP contribution in [0.25, 0.3) is 0 Å². The molecule has 5 nitrogen and oxygen atoms in total. The first-order chi connectivity index (χ1) is 12.0. The Morgan fingerprint density at radius 1 is 0.960 bits per heavy atom. The lowest BCUT2D eigenvalue weighted by Crippen LogP contribution is -2.39. The number of ether oxygens (including phenoxy) is 1. The van der Waals surface area contributed by atoms with Gasteiger partial charge in [0.15, 0.2) is 0 Å². The Morgan fingerprint density at radius 2 is 1.56 bits per heavy atom. The molecule has 0 bridgehead atoms. The van der Waals surface area contributed by atoms with Crippen LogP contribution in [0.1, 0.15) is 34.6 Å². The molecular formula is C20H24N2O3. The minimum Gasteiger partial charge on any atom is -0.465 e. The van der Waals surface area contributed by atoms with E-state index in [0.717, 1.165) is 5.69 Å². The first-order valence-corrected chi connectivity index (χ1v) is 8.29. The topological polar surface area (TPSA) is 67.4 Å². The largest absolute Gasteiger partial charge is 0.465 e. The number of carbonyl (C=O) groups excluding carboxylic acids is 2. The maximum Gasteiger partial charge on any atom is 0.337 e. The second-order valence-corrected chi connectivity index (χ2v) is 6.14. The number of carbonyl (C=O) groups is 2. The van der Waals surface area contributed by atoms with E-state index in [4.69, 9.17) is 0 Å². The van der Waals surface area contributed by atoms with Gasteiger partial charge in [0.05, 0.1) is 12.7 Å². The molecule has 0 saturated heterocycles. The lowest BCUT2D eigenvalue weighted by Gasteiger charge is -2.24. The zero-order valence-electron chi connectivity index (χ0n) is 14.8. The molecule has 0 saturated carbocycles. The number of hydrogen-bond acceptors (Lipinski definition) is 4. The van der Waals surface area contributed by atoms with Crippen molar-refractivity contribution in [1.82, 2.24) is 5.32 Å². The number of rotatable bonds is 7. The molecule has 0 spiro atoms. The Balaban J connectivity index is 1.95. The number of hydrogen-bond donors (Lipinski definition) is 2. The van der Waals surface area contributed by atoms with E-state index in [1.54, 1.807) is 24.3 Å². The first kappa shape index (κ1) is 18.5. The summed E-state index contributed by atoms with van der Waals surface area (Å²) in [5.74, 6) is -0.238. The van der Waals surface area contributed by atoms with Crippen LogP contribution >= 0.6 is 0 Å². The van der Waals surface area contributed by atoms with Crippen molar-refractivity contribution in [3.63, 3.8) is 0 Å². The maximum atomic E-state index is 12.3. The molecule has 0 radical (unpaired) electrons. The highest BCUT2D eigenvalue weighted by molar-refractivity contribution is 5.96. The van der Waals surface area contributed by atoms with Crippen molar-refractivity contribution in [3.8, 4) is 0 Å². The minimum atomic E-state index is -0.418. The number of amides is 1. The average Bonchev–Trinajstić information content (AvgIpc) is 2.65. The van der Waals surface area contributed by atoms with Crippen LogP contribution in [-0.4, -0.2) is 31.6 Å². The van der Waals surface area contributed by atoms with Crippen LogP contribution in [0.3, 0.4) is 0 Å². The third-order valence-electron chi connectivity index (χ3n) is 3.98. The normalized spacial score (nSPS) is 11.7. The molecule has 1 atom stereocenters. The zero-order valence-corrected chi connectivity index (χ0v) is 14.8. The van der Waals surface area contributed by atoms with Crippen LogP contribution in [0, 0.1) is 5.92 Å². The molecule has 2 rings (SSSR count). The Hall–Kier alpha value is -2.82. The van der Waals surface area contributed by atoms with E-state index >= 15 is 0 Å². The minimum absolute atomic E-state index is 0.112. The Morgan fingerprint density at radius 3 is 2.12 bits per heavy atom. The fourth-order valence-electron chi connectivity index (χ4n) is 2.38. The number of para-hydroxylation sites is 1. The highest BCUT2D eigenvalue weighted by Gasteiger charge is 2.15. The Labute approximate surface area is 148 Å². The fourth-order valence-corrected chi connectivity index (χ4v) is 2.38. The van der Waals surface area contributed by atoms with Crippen LogP contribution in [0.5, 0.6) is 0 Å². The third kappa shape index (κ3) is 5.35. The second kappa shape index (κ2) is 8.87. The first-order valence-electron chi connectivity index (χ1n) is 8.29. The van der Waals surface area contributed by atoms with Gasteiger partial charge < -0.3 is 15.4 Å². The predicted octanol–water partition coefficient (Wildman–Crippen LogP) is 3.34. The summed E-state index contributed by atoms with van der Waals surface area (Å²) >= 11 is 0. The van der Waals surface area contributed by atoms with Gasteiger partial charge in [-0.15, -0.1) is 0 Å². The SMILES string of the molecule is COC(=O)c1ccc(C(=O)NCC(Nc2ccccc2)C(C)C)cc1. The highest BCUT2D eigenvalue weighted by atomic mass is 16.5. The van der Waals surface area contributed by atoms with Gasteiger partial charge in [0.1, 0.15) is 0 Å². The molecule has 0 heterocycles. The van der Waals surface area contributed by atoms with Crippen LogP contribution < -0.4 is 10.6 Å². The molecule has 1 unspecified atom stereocenters. The van der Waals surface area contributed by atoms with Crippen molar-refractivity contribution in [1.29, 1.82) is 0 Å². The average molecular weight is 340 g/mol. The van der Waals surface area contributed by atoms with Gasteiger partial charge in [-0.2, -0.15) is 0 Å². The van der Waals surface area contributed by atoms with Gasteiger partial charge >= 0.3 is 5.97 Å². The molecule has 5 heteroatoms. The highest BCUT2D eigenvalue weighted by Crippen LogP contribution is 2.12. The predicted molar refractivity (Wildman–Crippen MR) is 98.8 cm³/mol. The molecule has 0 fully saturated rings. The summed E-state index contributed by atoms with van der Waals surface area (Å²) < 4.78 is 4.65. The Bertz CT molecular complexity index is 697. The number of esters is 1. The van der Waals surface area contributed by atoms with Gasteiger partial charge in [0, 0.05) is 23.8 Å². The van der Waals surface area contributed by atoms with Crippen molar-refractivity contribution < 1.29 is 14.3 Å². The van der Waals surface area contributed by atoms with Crippen molar-refractivity contribution in [2.75, 3.05) is 19.0 Å². The van der Waals surface area contributed by atoms with Gasteiger partial charge in [-0.05, 0) is 42.3 Å². The third-order valence-corrected chi connectivity index (χ3v) is 3.98. The molecule has 1 amide bonds. The van der Waals surface area contributed by atoms with E-state index in [-0.39, 0.29) is 11.9 Å². The van der Waals surface area contributed by atoms with E-state index < -0.39 is 5.97 Å². The van der Waals surface area contributed by atoms with Gasteiger partial charge in [-0.25, -0.2) is 4.79 Å². The molecule has 0 aliphatic heterocycles. The van der Waals surface area contributed by atoms with E-state index in [0.29, 0.717) is 23.6 Å². The van der Waals surface area contributed by atoms with Gasteiger partial charge in [0.2, 0.25) is 0 Å². The van der Waals surface area contributed by atoms with Crippen molar-refractivity contribution in [3.05, 3.63) is 65.7 Å². The number of anilines is 1. The summed E-state index contributed by atoms with van der Waals surface area (Å²) in [5, 5.41) is 6.39. The van der Waals surface area contributed by atoms with Crippen LogP contribution in [0.2, 0.25) is 0 Å². The molecule has 25 heavy (non-hydrogen) atoms. The lowest BCUT2D eigenvalue weighted by molar-refractivity contribution is 0.0600. The van der Waals surface area contributed by atoms with Gasteiger partial charge in [0.25, 0.3) is 5.91 Å². The molecule has 2 N–H and O–H groups in total. The maximum absolute atomic E-state index is 12.3.